The van der Waals surface area contributed by atoms with E-state index in [1.54, 1.807) is 36.6 Å². The van der Waals surface area contributed by atoms with E-state index in [9.17, 15) is 19.5 Å². The Balaban J connectivity index is 1.71. The third-order valence-corrected chi connectivity index (χ3v) is 7.72. The molecule has 1 fully saturated rings. The number of fused-ring (bicyclic) bond motifs is 1. The molecule has 0 radical (unpaired) electrons. The molecule has 0 spiro atoms. The van der Waals surface area contributed by atoms with Crippen LogP contribution in [0.2, 0.25) is 0 Å². The summed E-state index contributed by atoms with van der Waals surface area (Å²) in [7, 11) is 0. The van der Waals surface area contributed by atoms with Gasteiger partial charge in [0.2, 0.25) is 0 Å². The van der Waals surface area contributed by atoms with Crippen molar-refractivity contribution in [1.29, 1.82) is 0 Å². The molecule has 1 saturated heterocycles. The second-order valence-corrected chi connectivity index (χ2v) is 10.0. The number of imidazole rings is 1. The highest BCUT2D eigenvalue weighted by Crippen LogP contribution is 2.44. The molecule has 9 nitrogen and oxygen atoms in total. The van der Waals surface area contributed by atoms with Crippen LogP contribution in [0.25, 0.3) is 11.4 Å². The molecule has 1 N–H and O–H groups in total. The standard InChI is InChI=1S/C29H26N4O5S/c1-5-15-38-28(37)26-17(4)31-29(39-26)33-23(19-12-10-18(6-2)11-13-19)21(25(35)27(33)36)24(34)22-16(3)30-20-9-7-8-14-32(20)22/h5,7-14,23,34H,1,6,15H2,2-4H3/b24-21+. The first-order chi connectivity index (χ1) is 18.8. The van der Waals surface area contributed by atoms with Gasteiger partial charge in [-0.1, -0.05) is 61.2 Å². The number of ether oxygens (including phenoxy) is 1. The number of thiazole rings is 1. The van der Waals surface area contributed by atoms with Crippen LogP contribution in [0.4, 0.5) is 5.13 Å². The fourth-order valence-electron chi connectivity index (χ4n) is 4.68. The molecule has 4 aromatic rings. The summed E-state index contributed by atoms with van der Waals surface area (Å²) in [5.41, 5.74) is 3.39. The Bertz CT molecular complexity index is 1660. The maximum absolute atomic E-state index is 13.6. The molecule has 0 saturated carbocycles. The molecule has 0 aliphatic carbocycles. The van der Waals surface area contributed by atoms with Crippen molar-refractivity contribution < 1.29 is 24.2 Å². The molecule has 1 aliphatic heterocycles. The Morgan fingerprint density at radius 2 is 1.87 bits per heavy atom. The summed E-state index contributed by atoms with van der Waals surface area (Å²) < 4.78 is 6.84. The molecule has 10 heteroatoms. The molecule has 3 aromatic heterocycles. The number of aliphatic hydroxyl groups excluding tert-OH is 1. The van der Waals surface area contributed by atoms with Crippen LogP contribution in [0.3, 0.4) is 0 Å². The number of hydrogen-bond acceptors (Lipinski definition) is 8. The van der Waals surface area contributed by atoms with Crippen LogP contribution in [0.1, 0.15) is 50.8 Å². The number of carbonyl (C=O) groups is 3. The fraction of sp³-hybridized carbons (Fsp3) is 0.207. The van der Waals surface area contributed by atoms with Crippen molar-refractivity contribution in [1.82, 2.24) is 14.4 Å². The van der Waals surface area contributed by atoms with E-state index in [4.69, 9.17) is 4.74 Å². The van der Waals surface area contributed by atoms with Gasteiger partial charge in [-0.25, -0.2) is 14.8 Å². The van der Waals surface area contributed by atoms with Crippen LogP contribution in [-0.2, 0) is 20.7 Å². The Morgan fingerprint density at radius 1 is 1.13 bits per heavy atom. The van der Waals surface area contributed by atoms with Crippen molar-refractivity contribution >= 4 is 45.5 Å². The number of amides is 1. The number of Topliss-reactive ketones (excluding diaryl/α,β-unsaturated/α-hetero) is 1. The van der Waals surface area contributed by atoms with Crippen LogP contribution in [0.15, 0.2) is 66.9 Å². The van der Waals surface area contributed by atoms with E-state index in [0.29, 0.717) is 28.3 Å². The highest BCUT2D eigenvalue weighted by atomic mass is 32.1. The minimum atomic E-state index is -0.979. The van der Waals surface area contributed by atoms with Gasteiger partial charge in [-0.05, 0) is 43.5 Å². The second-order valence-electron chi connectivity index (χ2n) is 9.04. The SMILES string of the molecule is C=CCOC(=O)c1sc(N2C(=O)C(=O)/C(=C(/O)c3c(C)nc4ccccn34)C2c2ccc(CC)cc2)nc1C. The lowest BCUT2D eigenvalue weighted by Crippen LogP contribution is -2.29. The van der Waals surface area contributed by atoms with Crippen LogP contribution in [0.5, 0.6) is 0 Å². The van der Waals surface area contributed by atoms with Crippen molar-refractivity contribution in [3.63, 3.8) is 0 Å². The van der Waals surface area contributed by atoms with Crippen molar-refractivity contribution in [2.45, 2.75) is 33.2 Å². The summed E-state index contributed by atoms with van der Waals surface area (Å²) in [5, 5.41) is 11.8. The minimum Gasteiger partial charge on any atom is -0.505 e. The first-order valence-electron chi connectivity index (χ1n) is 12.4. The number of aliphatic hydroxyl groups is 1. The maximum Gasteiger partial charge on any atom is 0.350 e. The van der Waals surface area contributed by atoms with Gasteiger partial charge in [0, 0.05) is 6.20 Å². The third-order valence-electron chi connectivity index (χ3n) is 6.59. The molecule has 0 bridgehead atoms. The number of aromatic nitrogens is 3. The summed E-state index contributed by atoms with van der Waals surface area (Å²) in [4.78, 5) is 50.1. The van der Waals surface area contributed by atoms with Gasteiger partial charge in [0.25, 0.3) is 5.78 Å². The smallest absolute Gasteiger partial charge is 0.350 e. The molecule has 1 amide bonds. The Labute approximate surface area is 228 Å². The van der Waals surface area contributed by atoms with Gasteiger partial charge in [0.05, 0.1) is 23.0 Å². The van der Waals surface area contributed by atoms with Gasteiger partial charge in [-0.3, -0.25) is 18.9 Å². The van der Waals surface area contributed by atoms with Crippen molar-refractivity contribution in [3.05, 3.63) is 100.0 Å². The number of aryl methyl sites for hydroxylation is 3. The molecule has 1 atom stereocenters. The van der Waals surface area contributed by atoms with Gasteiger partial charge >= 0.3 is 11.9 Å². The topological polar surface area (TPSA) is 114 Å². The lowest BCUT2D eigenvalue weighted by atomic mass is 9.95. The molecule has 198 valence electrons. The normalized spacial score (nSPS) is 16.7. The molecule has 39 heavy (non-hydrogen) atoms. The zero-order valence-corrected chi connectivity index (χ0v) is 22.5. The lowest BCUT2D eigenvalue weighted by Gasteiger charge is -2.23. The Kier molecular flexibility index (Phi) is 6.88. The van der Waals surface area contributed by atoms with Gasteiger partial charge in [0.1, 0.15) is 22.8 Å². The molecule has 1 unspecified atom stereocenters. The van der Waals surface area contributed by atoms with E-state index in [0.717, 1.165) is 23.3 Å². The monoisotopic (exact) mass is 542 g/mol. The number of rotatable bonds is 7. The number of esters is 1. The lowest BCUT2D eigenvalue weighted by molar-refractivity contribution is -0.132. The zero-order valence-electron chi connectivity index (χ0n) is 21.7. The average molecular weight is 543 g/mol. The van der Waals surface area contributed by atoms with Gasteiger partial charge < -0.3 is 9.84 Å². The van der Waals surface area contributed by atoms with Gasteiger partial charge in [-0.15, -0.1) is 0 Å². The number of pyridine rings is 1. The van der Waals surface area contributed by atoms with Crippen LogP contribution >= 0.6 is 11.3 Å². The van der Waals surface area contributed by atoms with Crippen LogP contribution in [0, 0.1) is 13.8 Å². The summed E-state index contributed by atoms with van der Waals surface area (Å²) in [6.45, 7) is 8.96. The molecular weight excluding hydrogens is 516 g/mol. The van der Waals surface area contributed by atoms with Gasteiger partial charge in [0.15, 0.2) is 10.9 Å². The molecular formula is C29H26N4O5S. The molecule has 1 aromatic carbocycles. The first kappa shape index (κ1) is 26.1. The maximum atomic E-state index is 13.6. The van der Waals surface area contributed by atoms with Crippen LogP contribution < -0.4 is 4.90 Å². The predicted octanol–water partition coefficient (Wildman–Crippen LogP) is 4.94. The predicted molar refractivity (Wildman–Crippen MR) is 148 cm³/mol. The number of carbonyl (C=O) groups excluding carboxylic acids is 3. The largest absolute Gasteiger partial charge is 0.505 e. The minimum absolute atomic E-state index is 0.0262. The van der Waals surface area contributed by atoms with Crippen molar-refractivity contribution in [3.8, 4) is 0 Å². The molecule has 5 rings (SSSR count). The van der Waals surface area contributed by atoms with E-state index in [1.165, 1.54) is 11.0 Å². The van der Waals surface area contributed by atoms with E-state index in [2.05, 4.69) is 16.5 Å². The number of benzene rings is 1. The number of nitrogens with zero attached hydrogens (tertiary/aromatic N) is 4. The summed E-state index contributed by atoms with van der Waals surface area (Å²) in [6, 6.07) is 11.9. The number of anilines is 1. The third kappa shape index (κ3) is 4.42. The zero-order chi connectivity index (χ0) is 27.8. The fourth-order valence-corrected chi connectivity index (χ4v) is 5.67. The Morgan fingerprint density at radius 3 is 2.56 bits per heavy atom. The molecule has 1 aliphatic rings. The number of hydrogen-bond donors (Lipinski definition) is 1. The summed E-state index contributed by atoms with van der Waals surface area (Å²) >= 11 is 0.955. The highest BCUT2D eigenvalue weighted by Gasteiger charge is 2.49. The summed E-state index contributed by atoms with van der Waals surface area (Å²) in [6.07, 6.45) is 4.00. The summed E-state index contributed by atoms with van der Waals surface area (Å²) in [5.74, 6) is -2.65. The van der Waals surface area contributed by atoms with Crippen molar-refractivity contribution in [2.24, 2.45) is 0 Å². The first-order valence-corrected chi connectivity index (χ1v) is 13.2. The van der Waals surface area contributed by atoms with E-state index < -0.39 is 23.7 Å². The van der Waals surface area contributed by atoms with Crippen LogP contribution in [-0.4, -0.2) is 43.7 Å². The molecule has 4 heterocycles. The van der Waals surface area contributed by atoms with E-state index in [1.807, 2.05) is 37.3 Å². The average Bonchev–Trinajstić information content (AvgIpc) is 3.57. The van der Waals surface area contributed by atoms with E-state index >= 15 is 0 Å². The van der Waals surface area contributed by atoms with Gasteiger partial charge in [-0.2, -0.15) is 0 Å². The second kappa shape index (κ2) is 10.3. The van der Waals surface area contributed by atoms with E-state index in [-0.39, 0.29) is 27.9 Å². The highest BCUT2D eigenvalue weighted by molar-refractivity contribution is 7.17. The quantitative estimate of drug-likeness (QED) is 0.116. The number of ketones is 1. The Hall–Kier alpha value is -4.57. The van der Waals surface area contributed by atoms with Crippen molar-refractivity contribution in [2.75, 3.05) is 11.5 Å².